The van der Waals surface area contributed by atoms with Crippen LogP contribution in [0.3, 0.4) is 0 Å². The fourth-order valence-electron chi connectivity index (χ4n) is 3.70. The SMILES string of the molecule is CN(C)C1(C(O)c2ccc3ncccc3c2)CCCCC1. The Bertz CT molecular complexity index is 617. The first-order chi connectivity index (χ1) is 10.1. The average Bonchev–Trinajstić information content (AvgIpc) is 2.54. The molecule has 3 rings (SSSR count). The first kappa shape index (κ1) is 14.5. The summed E-state index contributed by atoms with van der Waals surface area (Å²) in [5.74, 6) is 0. The molecule has 1 aromatic carbocycles. The van der Waals surface area contributed by atoms with E-state index in [0.717, 1.165) is 29.3 Å². The second-order valence-corrected chi connectivity index (χ2v) is 6.42. The van der Waals surface area contributed by atoms with Crippen molar-refractivity contribution in [3.8, 4) is 0 Å². The summed E-state index contributed by atoms with van der Waals surface area (Å²) in [6, 6.07) is 10.1. The fraction of sp³-hybridized carbons (Fsp3) is 0.500. The number of nitrogens with zero attached hydrogens (tertiary/aromatic N) is 2. The van der Waals surface area contributed by atoms with Gasteiger partial charge in [-0.3, -0.25) is 4.98 Å². The Balaban J connectivity index is 1.99. The van der Waals surface area contributed by atoms with Crippen LogP contribution in [-0.2, 0) is 0 Å². The van der Waals surface area contributed by atoms with Gasteiger partial charge in [0.2, 0.25) is 0 Å². The number of aromatic nitrogens is 1. The van der Waals surface area contributed by atoms with Crippen molar-refractivity contribution in [2.24, 2.45) is 0 Å². The van der Waals surface area contributed by atoms with Crippen LogP contribution in [0.5, 0.6) is 0 Å². The Hall–Kier alpha value is -1.45. The molecule has 2 aromatic rings. The molecular weight excluding hydrogens is 260 g/mol. The molecule has 112 valence electrons. The molecule has 0 bridgehead atoms. The van der Waals surface area contributed by atoms with Crippen molar-refractivity contribution in [1.29, 1.82) is 0 Å². The number of pyridine rings is 1. The maximum Gasteiger partial charge on any atom is 0.0973 e. The van der Waals surface area contributed by atoms with Crippen LogP contribution in [-0.4, -0.2) is 34.6 Å². The van der Waals surface area contributed by atoms with Crippen LogP contribution in [0.4, 0.5) is 0 Å². The van der Waals surface area contributed by atoms with Gasteiger partial charge in [-0.25, -0.2) is 0 Å². The minimum Gasteiger partial charge on any atom is -0.386 e. The number of fused-ring (bicyclic) bond motifs is 1. The van der Waals surface area contributed by atoms with Gasteiger partial charge >= 0.3 is 0 Å². The van der Waals surface area contributed by atoms with Gasteiger partial charge in [0.15, 0.2) is 0 Å². The van der Waals surface area contributed by atoms with Crippen LogP contribution < -0.4 is 0 Å². The molecule has 1 aromatic heterocycles. The van der Waals surface area contributed by atoms with E-state index in [1.54, 1.807) is 6.20 Å². The average molecular weight is 284 g/mol. The van der Waals surface area contributed by atoms with Crippen LogP contribution in [0.25, 0.3) is 10.9 Å². The zero-order valence-corrected chi connectivity index (χ0v) is 12.9. The van der Waals surface area contributed by atoms with Crippen LogP contribution >= 0.6 is 0 Å². The second kappa shape index (κ2) is 5.74. The maximum absolute atomic E-state index is 11.1. The Morgan fingerprint density at radius 3 is 2.62 bits per heavy atom. The van der Waals surface area contributed by atoms with E-state index in [0.29, 0.717) is 0 Å². The van der Waals surface area contributed by atoms with Crippen LogP contribution in [0.15, 0.2) is 36.5 Å². The van der Waals surface area contributed by atoms with Crippen LogP contribution in [0, 0.1) is 0 Å². The van der Waals surface area contributed by atoms with Crippen molar-refractivity contribution in [2.45, 2.75) is 43.7 Å². The molecule has 1 N–H and O–H groups in total. The quantitative estimate of drug-likeness (QED) is 0.936. The van der Waals surface area contributed by atoms with Crippen LogP contribution in [0.1, 0.15) is 43.8 Å². The molecule has 0 aliphatic heterocycles. The summed E-state index contributed by atoms with van der Waals surface area (Å²) < 4.78 is 0. The highest BCUT2D eigenvalue weighted by atomic mass is 16.3. The Morgan fingerprint density at radius 1 is 1.14 bits per heavy atom. The number of hydrogen-bond donors (Lipinski definition) is 1. The summed E-state index contributed by atoms with van der Waals surface area (Å²) >= 11 is 0. The highest BCUT2D eigenvalue weighted by Gasteiger charge is 2.41. The predicted octanol–water partition coefficient (Wildman–Crippen LogP) is 3.53. The van der Waals surface area contributed by atoms with Crippen molar-refractivity contribution >= 4 is 10.9 Å². The molecule has 1 aliphatic rings. The van der Waals surface area contributed by atoms with E-state index < -0.39 is 6.10 Å². The molecule has 1 fully saturated rings. The number of hydrogen-bond acceptors (Lipinski definition) is 3. The predicted molar refractivity (Wildman–Crippen MR) is 86.2 cm³/mol. The Labute approximate surface area is 126 Å². The Kier molecular flexibility index (Phi) is 3.96. The summed E-state index contributed by atoms with van der Waals surface area (Å²) in [6.07, 6.45) is 7.16. The third-order valence-electron chi connectivity index (χ3n) is 5.06. The summed E-state index contributed by atoms with van der Waals surface area (Å²) in [4.78, 5) is 6.58. The molecule has 0 amide bonds. The van der Waals surface area contributed by atoms with Crippen molar-refractivity contribution in [1.82, 2.24) is 9.88 Å². The topological polar surface area (TPSA) is 36.4 Å². The monoisotopic (exact) mass is 284 g/mol. The minimum absolute atomic E-state index is 0.131. The van der Waals surface area contributed by atoms with Gasteiger partial charge in [0.05, 0.1) is 17.2 Å². The molecule has 0 radical (unpaired) electrons. The number of aliphatic hydroxyl groups excluding tert-OH is 1. The summed E-state index contributed by atoms with van der Waals surface area (Å²) in [6.45, 7) is 0. The molecule has 3 heteroatoms. The van der Waals surface area contributed by atoms with Gasteiger partial charge in [0.25, 0.3) is 0 Å². The van der Waals surface area contributed by atoms with Crippen molar-refractivity contribution in [2.75, 3.05) is 14.1 Å². The number of benzene rings is 1. The molecule has 1 aliphatic carbocycles. The molecule has 1 saturated carbocycles. The van der Waals surface area contributed by atoms with E-state index in [1.807, 2.05) is 18.2 Å². The number of aliphatic hydroxyl groups is 1. The number of rotatable bonds is 3. The van der Waals surface area contributed by atoms with Gasteiger partial charge in [-0.05, 0) is 50.7 Å². The van der Waals surface area contributed by atoms with Crippen molar-refractivity contribution in [3.05, 3.63) is 42.1 Å². The second-order valence-electron chi connectivity index (χ2n) is 6.42. The largest absolute Gasteiger partial charge is 0.386 e. The van der Waals surface area contributed by atoms with E-state index >= 15 is 0 Å². The molecule has 21 heavy (non-hydrogen) atoms. The molecule has 0 spiro atoms. The minimum atomic E-state index is -0.447. The first-order valence-corrected chi connectivity index (χ1v) is 7.84. The standard InChI is InChI=1S/C18H24N2O/c1-20(2)18(10-4-3-5-11-18)17(21)15-8-9-16-14(13-15)7-6-12-19-16/h6-9,12-13,17,21H,3-5,10-11H2,1-2H3. The normalized spacial score (nSPS) is 19.8. The van der Waals surface area contributed by atoms with E-state index in [9.17, 15) is 5.11 Å². The summed E-state index contributed by atoms with van der Waals surface area (Å²) in [7, 11) is 4.19. The summed E-state index contributed by atoms with van der Waals surface area (Å²) in [5.41, 5.74) is 1.86. The molecule has 3 nitrogen and oxygen atoms in total. The third-order valence-corrected chi connectivity index (χ3v) is 5.06. The van der Waals surface area contributed by atoms with Crippen molar-refractivity contribution in [3.63, 3.8) is 0 Å². The lowest BCUT2D eigenvalue weighted by Crippen LogP contribution is -2.50. The molecule has 1 unspecified atom stereocenters. The lowest BCUT2D eigenvalue weighted by Gasteiger charge is -2.46. The van der Waals surface area contributed by atoms with Gasteiger partial charge in [0.1, 0.15) is 0 Å². The highest BCUT2D eigenvalue weighted by molar-refractivity contribution is 5.79. The van der Waals surface area contributed by atoms with Crippen molar-refractivity contribution < 1.29 is 5.11 Å². The molecule has 1 heterocycles. The number of likely N-dealkylation sites (N-methyl/N-ethyl adjacent to an activating group) is 1. The zero-order valence-electron chi connectivity index (χ0n) is 12.9. The van der Waals surface area contributed by atoms with Gasteiger partial charge in [-0.1, -0.05) is 31.4 Å². The Morgan fingerprint density at radius 2 is 1.90 bits per heavy atom. The van der Waals surface area contributed by atoms with E-state index in [-0.39, 0.29) is 5.54 Å². The lowest BCUT2D eigenvalue weighted by atomic mass is 9.74. The van der Waals surface area contributed by atoms with E-state index in [4.69, 9.17) is 0 Å². The smallest absolute Gasteiger partial charge is 0.0973 e. The maximum atomic E-state index is 11.1. The zero-order chi connectivity index (χ0) is 14.9. The van der Waals surface area contributed by atoms with Crippen LogP contribution in [0.2, 0.25) is 0 Å². The van der Waals surface area contributed by atoms with Gasteiger partial charge in [0, 0.05) is 11.6 Å². The first-order valence-electron chi connectivity index (χ1n) is 7.84. The molecule has 1 atom stereocenters. The highest BCUT2D eigenvalue weighted by Crippen LogP contribution is 2.42. The van der Waals surface area contributed by atoms with E-state index in [1.165, 1.54) is 19.3 Å². The molecular formula is C18H24N2O. The third kappa shape index (κ3) is 2.56. The van der Waals surface area contributed by atoms with Gasteiger partial charge in [-0.15, -0.1) is 0 Å². The van der Waals surface area contributed by atoms with Gasteiger partial charge in [-0.2, -0.15) is 0 Å². The lowest BCUT2D eigenvalue weighted by molar-refractivity contribution is -0.0335. The van der Waals surface area contributed by atoms with E-state index in [2.05, 4.69) is 36.1 Å². The summed E-state index contributed by atoms with van der Waals surface area (Å²) in [5, 5.41) is 12.2. The molecule has 0 saturated heterocycles. The van der Waals surface area contributed by atoms with Gasteiger partial charge < -0.3 is 10.0 Å². The fourth-order valence-corrected chi connectivity index (χ4v) is 3.70.